The molecule has 0 bridgehead atoms. The Morgan fingerprint density at radius 2 is 2.20 bits per heavy atom. The highest BCUT2D eigenvalue weighted by Gasteiger charge is 2.13. The maximum atomic E-state index is 9.68. The van der Waals surface area contributed by atoms with Crippen LogP contribution in [0.15, 0.2) is 16.6 Å². The first kappa shape index (κ1) is 14.2. The first-order chi connectivity index (χ1) is 6.60. The first-order valence-corrected chi connectivity index (χ1v) is 5.07. The summed E-state index contributed by atoms with van der Waals surface area (Å²) in [4.78, 5) is 0. The molecule has 0 aromatic heterocycles. The number of nitriles is 1. The highest BCUT2D eigenvalue weighted by molar-refractivity contribution is 9.10. The van der Waals surface area contributed by atoms with Crippen LogP contribution < -0.4 is 5.73 Å². The number of benzene rings is 1. The van der Waals surface area contributed by atoms with Crippen molar-refractivity contribution in [2.24, 2.45) is 5.73 Å². The molecule has 0 saturated carbocycles. The lowest BCUT2D eigenvalue weighted by Gasteiger charge is -2.12. The zero-order valence-electron chi connectivity index (χ0n) is 8.20. The minimum absolute atomic E-state index is 0. The molecule has 1 aromatic rings. The van der Waals surface area contributed by atoms with Crippen molar-refractivity contribution in [2.45, 2.75) is 19.4 Å². The molecule has 1 aromatic carbocycles. The van der Waals surface area contributed by atoms with Crippen LogP contribution >= 0.6 is 28.3 Å². The molecule has 0 heterocycles. The monoisotopic (exact) mass is 290 g/mol. The zero-order valence-corrected chi connectivity index (χ0v) is 10.6. The van der Waals surface area contributed by atoms with E-state index in [1.165, 1.54) is 0 Å². The van der Waals surface area contributed by atoms with E-state index in [0.29, 0.717) is 15.6 Å². The van der Waals surface area contributed by atoms with Crippen molar-refractivity contribution in [3.05, 3.63) is 27.7 Å². The van der Waals surface area contributed by atoms with Crippen molar-refractivity contribution in [2.75, 3.05) is 0 Å². The first-order valence-electron chi connectivity index (χ1n) is 4.28. The van der Waals surface area contributed by atoms with Gasteiger partial charge in [-0.25, -0.2) is 0 Å². The summed E-state index contributed by atoms with van der Waals surface area (Å²) in [7, 11) is 0. The molecule has 1 rings (SSSR count). The summed E-state index contributed by atoms with van der Waals surface area (Å²) in [5.41, 5.74) is 6.90. The summed E-state index contributed by atoms with van der Waals surface area (Å²) in [5, 5.41) is 18.4. The van der Waals surface area contributed by atoms with E-state index in [1.807, 2.05) is 13.0 Å². The number of hydrogen-bond acceptors (Lipinski definition) is 3. The second-order valence-corrected chi connectivity index (χ2v) is 3.88. The Morgan fingerprint density at radius 3 is 2.67 bits per heavy atom. The average molecular weight is 292 g/mol. The standard InChI is InChI=1S/C10H11BrN2O.ClH/c1-2-9(13)7-3-6(5-12)4-8(11)10(7)14;/h3-4,9,14H,2,13H2,1H3;1H/t9-;/m1./s1. The Kier molecular flexibility index (Phi) is 5.66. The second kappa shape index (κ2) is 5.96. The maximum Gasteiger partial charge on any atom is 0.134 e. The Hall–Kier alpha value is -0.760. The molecule has 0 aliphatic heterocycles. The largest absolute Gasteiger partial charge is 0.506 e. The third kappa shape index (κ3) is 3.10. The molecule has 0 amide bonds. The molecule has 0 aliphatic carbocycles. The van der Waals surface area contributed by atoms with Crippen molar-refractivity contribution in [1.82, 2.24) is 0 Å². The topological polar surface area (TPSA) is 70.0 Å². The number of phenolic OH excluding ortho intramolecular Hbond substituents is 1. The number of nitrogens with zero attached hydrogens (tertiary/aromatic N) is 1. The fourth-order valence-electron chi connectivity index (χ4n) is 1.19. The molecular formula is C10H12BrClN2O. The molecule has 3 N–H and O–H groups in total. The molecule has 0 fully saturated rings. The summed E-state index contributed by atoms with van der Waals surface area (Å²) >= 11 is 3.18. The predicted molar refractivity (Wildman–Crippen MR) is 65.0 cm³/mol. The average Bonchev–Trinajstić information content (AvgIpc) is 2.20. The van der Waals surface area contributed by atoms with Gasteiger partial charge in [-0.05, 0) is 34.5 Å². The predicted octanol–water partition coefficient (Wildman–Crippen LogP) is 2.86. The molecule has 0 aliphatic rings. The van der Waals surface area contributed by atoms with E-state index in [0.717, 1.165) is 6.42 Å². The molecule has 0 saturated heterocycles. The third-order valence-corrected chi connectivity index (χ3v) is 2.67. The normalized spacial score (nSPS) is 11.3. The molecule has 0 unspecified atom stereocenters. The van der Waals surface area contributed by atoms with Gasteiger partial charge in [0.1, 0.15) is 5.75 Å². The Bertz CT molecular complexity index is 390. The van der Waals surface area contributed by atoms with Gasteiger partial charge in [-0.1, -0.05) is 6.92 Å². The minimum Gasteiger partial charge on any atom is -0.506 e. The van der Waals surface area contributed by atoms with Crippen molar-refractivity contribution >= 4 is 28.3 Å². The van der Waals surface area contributed by atoms with Crippen LogP contribution in [0.4, 0.5) is 0 Å². The number of rotatable bonds is 2. The van der Waals surface area contributed by atoms with Gasteiger partial charge in [0.2, 0.25) is 0 Å². The quantitative estimate of drug-likeness (QED) is 0.880. The lowest BCUT2D eigenvalue weighted by atomic mass is 10.0. The van der Waals surface area contributed by atoms with Crippen LogP contribution in [0.5, 0.6) is 5.75 Å². The van der Waals surface area contributed by atoms with E-state index in [4.69, 9.17) is 11.0 Å². The smallest absolute Gasteiger partial charge is 0.134 e. The van der Waals surface area contributed by atoms with Crippen LogP contribution in [0.1, 0.15) is 30.5 Å². The van der Waals surface area contributed by atoms with Gasteiger partial charge in [-0.2, -0.15) is 5.26 Å². The fourth-order valence-corrected chi connectivity index (χ4v) is 1.66. The van der Waals surface area contributed by atoms with E-state index in [1.54, 1.807) is 12.1 Å². The van der Waals surface area contributed by atoms with Gasteiger partial charge in [0, 0.05) is 11.6 Å². The minimum atomic E-state index is -0.236. The van der Waals surface area contributed by atoms with Gasteiger partial charge in [-0.3, -0.25) is 0 Å². The SMILES string of the molecule is CC[C@@H](N)c1cc(C#N)cc(Br)c1O.Cl. The molecule has 82 valence electrons. The van der Waals surface area contributed by atoms with Crippen molar-refractivity contribution in [1.29, 1.82) is 5.26 Å². The van der Waals surface area contributed by atoms with Crippen molar-refractivity contribution < 1.29 is 5.11 Å². The van der Waals surface area contributed by atoms with Crippen LogP contribution in [0.2, 0.25) is 0 Å². The summed E-state index contributed by atoms with van der Waals surface area (Å²) in [6.45, 7) is 1.93. The van der Waals surface area contributed by atoms with E-state index in [9.17, 15) is 5.11 Å². The van der Waals surface area contributed by atoms with Crippen molar-refractivity contribution in [3.8, 4) is 11.8 Å². The highest BCUT2D eigenvalue weighted by atomic mass is 79.9. The number of nitrogens with two attached hydrogens (primary N) is 1. The molecule has 3 nitrogen and oxygen atoms in total. The Labute approximate surface area is 103 Å². The van der Waals surface area contributed by atoms with Crippen LogP contribution in [-0.4, -0.2) is 5.11 Å². The molecule has 0 radical (unpaired) electrons. The summed E-state index contributed by atoms with van der Waals surface area (Å²) in [6, 6.07) is 4.97. The van der Waals surface area contributed by atoms with Gasteiger partial charge in [-0.15, -0.1) is 12.4 Å². The number of halogens is 2. The highest BCUT2D eigenvalue weighted by Crippen LogP contribution is 2.33. The van der Waals surface area contributed by atoms with Gasteiger partial charge in [0.05, 0.1) is 16.1 Å². The van der Waals surface area contributed by atoms with Crippen LogP contribution in [0.25, 0.3) is 0 Å². The third-order valence-electron chi connectivity index (χ3n) is 2.06. The van der Waals surface area contributed by atoms with E-state index in [-0.39, 0.29) is 24.2 Å². The number of phenols is 1. The Morgan fingerprint density at radius 1 is 1.60 bits per heavy atom. The van der Waals surface area contributed by atoms with E-state index < -0.39 is 0 Å². The summed E-state index contributed by atoms with van der Waals surface area (Å²) < 4.78 is 0.510. The van der Waals surface area contributed by atoms with Crippen molar-refractivity contribution in [3.63, 3.8) is 0 Å². The Balaban J connectivity index is 0.00000196. The van der Waals surface area contributed by atoms with Crippen LogP contribution in [0.3, 0.4) is 0 Å². The van der Waals surface area contributed by atoms with Gasteiger partial charge < -0.3 is 10.8 Å². The molecule has 1 atom stereocenters. The molecule has 5 heteroatoms. The fraction of sp³-hybridized carbons (Fsp3) is 0.300. The van der Waals surface area contributed by atoms with E-state index >= 15 is 0 Å². The lowest BCUT2D eigenvalue weighted by Crippen LogP contribution is -2.09. The molecule has 0 spiro atoms. The maximum absolute atomic E-state index is 9.68. The van der Waals surface area contributed by atoms with Gasteiger partial charge >= 0.3 is 0 Å². The summed E-state index contributed by atoms with van der Waals surface area (Å²) in [6.07, 6.45) is 0.717. The number of hydrogen-bond donors (Lipinski definition) is 2. The number of aromatic hydroxyl groups is 1. The van der Waals surface area contributed by atoms with Gasteiger partial charge in [0.25, 0.3) is 0 Å². The van der Waals surface area contributed by atoms with Crippen LogP contribution in [-0.2, 0) is 0 Å². The van der Waals surface area contributed by atoms with Crippen LogP contribution in [0, 0.1) is 11.3 Å². The molecule has 15 heavy (non-hydrogen) atoms. The molecular weight excluding hydrogens is 279 g/mol. The lowest BCUT2D eigenvalue weighted by molar-refractivity contribution is 0.457. The van der Waals surface area contributed by atoms with E-state index in [2.05, 4.69) is 15.9 Å². The zero-order chi connectivity index (χ0) is 10.7. The summed E-state index contributed by atoms with van der Waals surface area (Å²) in [5.74, 6) is 0.123. The van der Waals surface area contributed by atoms with Gasteiger partial charge in [0.15, 0.2) is 0 Å². The second-order valence-electron chi connectivity index (χ2n) is 3.02.